The lowest BCUT2D eigenvalue weighted by atomic mass is 10.0. The minimum atomic E-state index is 0.700. The van der Waals surface area contributed by atoms with E-state index in [4.69, 9.17) is 0 Å². The molecule has 2 aromatic heterocycles. The van der Waals surface area contributed by atoms with E-state index in [2.05, 4.69) is 56.6 Å². The molecule has 0 spiro atoms. The maximum absolute atomic E-state index is 4.20. The second-order valence-corrected chi connectivity index (χ2v) is 5.16. The molecule has 108 valence electrons. The number of benzene rings is 2. The largest absolute Gasteiger partial charge is 0.249 e. The Labute approximate surface area is 127 Å². The summed E-state index contributed by atoms with van der Waals surface area (Å²) in [5.41, 5.74) is 2.41. The van der Waals surface area contributed by atoms with Crippen molar-refractivity contribution in [3.63, 3.8) is 0 Å². The molecule has 0 saturated heterocycles. The van der Waals surface area contributed by atoms with Crippen LogP contribution >= 0.6 is 0 Å². The maximum atomic E-state index is 4.20. The first kappa shape index (κ1) is 12.7. The summed E-state index contributed by atoms with van der Waals surface area (Å²) in [6, 6.07) is 12.8. The van der Waals surface area contributed by atoms with Gasteiger partial charge in [-0.15, -0.1) is 0 Å². The summed E-state index contributed by atoms with van der Waals surface area (Å²) in [7, 11) is 0. The van der Waals surface area contributed by atoms with E-state index in [1.54, 1.807) is 25.3 Å². The molecule has 0 N–H and O–H groups in total. The molecular weight excluding hydrogens is 276 g/mol. The van der Waals surface area contributed by atoms with Gasteiger partial charge in [0.1, 0.15) is 25.3 Å². The molecule has 4 rings (SSSR count). The van der Waals surface area contributed by atoms with Gasteiger partial charge in [-0.2, -0.15) is 10.2 Å². The predicted molar refractivity (Wildman–Crippen MR) is 82.2 cm³/mol. The van der Waals surface area contributed by atoms with Crippen molar-refractivity contribution in [1.29, 1.82) is 0 Å². The van der Waals surface area contributed by atoms with Crippen molar-refractivity contribution >= 4 is 10.8 Å². The molecule has 0 fully saturated rings. The lowest BCUT2D eigenvalue weighted by Crippen LogP contribution is -2.04. The smallest absolute Gasteiger partial charge is 0.137 e. The Morgan fingerprint density at radius 1 is 0.818 bits per heavy atom. The third-order valence-electron chi connectivity index (χ3n) is 3.62. The molecule has 0 bridgehead atoms. The molecule has 0 unspecified atom stereocenters. The fourth-order valence-corrected chi connectivity index (χ4v) is 2.67. The molecule has 0 aliphatic rings. The van der Waals surface area contributed by atoms with Gasteiger partial charge in [-0.3, -0.25) is 0 Å². The number of fused-ring (bicyclic) bond motifs is 1. The zero-order valence-corrected chi connectivity index (χ0v) is 11.9. The van der Waals surface area contributed by atoms with Gasteiger partial charge in [0.05, 0.1) is 13.1 Å². The Morgan fingerprint density at radius 2 is 1.55 bits per heavy atom. The van der Waals surface area contributed by atoms with Gasteiger partial charge in [0, 0.05) is 0 Å². The Hall–Kier alpha value is -3.02. The van der Waals surface area contributed by atoms with E-state index >= 15 is 0 Å². The minimum Gasteiger partial charge on any atom is -0.249 e. The van der Waals surface area contributed by atoms with Crippen LogP contribution in [0, 0.1) is 0 Å². The third-order valence-corrected chi connectivity index (χ3v) is 3.62. The van der Waals surface area contributed by atoms with Crippen LogP contribution in [-0.2, 0) is 13.1 Å². The first-order valence-corrected chi connectivity index (χ1v) is 7.04. The van der Waals surface area contributed by atoms with Crippen molar-refractivity contribution < 1.29 is 0 Å². The second kappa shape index (κ2) is 5.40. The molecule has 0 amide bonds. The molecule has 4 aromatic rings. The number of aromatic nitrogens is 6. The van der Waals surface area contributed by atoms with Crippen LogP contribution in [0.3, 0.4) is 0 Å². The van der Waals surface area contributed by atoms with Gasteiger partial charge < -0.3 is 0 Å². The molecule has 0 atom stereocenters. The summed E-state index contributed by atoms with van der Waals surface area (Å²) in [5, 5.41) is 10.8. The zero-order valence-electron chi connectivity index (χ0n) is 11.9. The third kappa shape index (κ3) is 2.46. The number of hydrogen-bond acceptors (Lipinski definition) is 4. The summed E-state index contributed by atoms with van der Waals surface area (Å²) in [4.78, 5) is 8.00. The maximum Gasteiger partial charge on any atom is 0.137 e. The molecule has 6 nitrogen and oxygen atoms in total. The molecule has 0 saturated carbocycles. The van der Waals surface area contributed by atoms with Crippen molar-refractivity contribution in [3.8, 4) is 0 Å². The highest BCUT2D eigenvalue weighted by molar-refractivity contribution is 5.86. The van der Waals surface area contributed by atoms with Crippen LogP contribution in [0.4, 0.5) is 0 Å². The zero-order chi connectivity index (χ0) is 14.8. The summed E-state index contributed by atoms with van der Waals surface area (Å²) in [6.07, 6.45) is 6.57. The normalized spacial score (nSPS) is 11.1. The van der Waals surface area contributed by atoms with Gasteiger partial charge in [-0.05, 0) is 28.0 Å². The predicted octanol–water partition coefficient (Wildman–Crippen LogP) is 2.12. The van der Waals surface area contributed by atoms with E-state index in [1.807, 2.05) is 9.36 Å². The van der Waals surface area contributed by atoms with Crippen molar-refractivity contribution in [1.82, 2.24) is 29.5 Å². The van der Waals surface area contributed by atoms with Gasteiger partial charge in [0.15, 0.2) is 0 Å². The van der Waals surface area contributed by atoms with Crippen molar-refractivity contribution in [3.05, 3.63) is 72.8 Å². The van der Waals surface area contributed by atoms with Crippen LogP contribution < -0.4 is 0 Å². The Bertz CT molecular complexity index is 880. The van der Waals surface area contributed by atoms with Crippen molar-refractivity contribution in [2.24, 2.45) is 0 Å². The number of hydrogen-bond donors (Lipinski definition) is 0. The van der Waals surface area contributed by atoms with Gasteiger partial charge in [0.2, 0.25) is 0 Å². The van der Waals surface area contributed by atoms with Crippen LogP contribution in [0.15, 0.2) is 61.7 Å². The highest BCUT2D eigenvalue weighted by Gasteiger charge is 2.06. The molecule has 2 heterocycles. The molecular formula is C16H14N6. The lowest BCUT2D eigenvalue weighted by Gasteiger charge is -2.10. The van der Waals surface area contributed by atoms with Gasteiger partial charge >= 0.3 is 0 Å². The summed E-state index contributed by atoms with van der Waals surface area (Å²) in [5.74, 6) is 0. The summed E-state index contributed by atoms with van der Waals surface area (Å²) >= 11 is 0. The van der Waals surface area contributed by atoms with Gasteiger partial charge in [0.25, 0.3) is 0 Å². The number of nitrogens with zero attached hydrogens (tertiary/aromatic N) is 6. The topological polar surface area (TPSA) is 61.4 Å². The fraction of sp³-hybridized carbons (Fsp3) is 0.125. The van der Waals surface area contributed by atoms with Crippen LogP contribution in [0.1, 0.15) is 11.1 Å². The number of rotatable bonds is 4. The fourth-order valence-electron chi connectivity index (χ4n) is 2.67. The SMILES string of the molecule is c1ccc2c(Cn3cncn3)cc(Cn3cncn3)cc2c1. The van der Waals surface area contributed by atoms with Crippen LogP contribution in [0.2, 0.25) is 0 Å². The van der Waals surface area contributed by atoms with E-state index in [-0.39, 0.29) is 0 Å². The first-order chi connectivity index (χ1) is 10.9. The standard InChI is InChI=1S/C16H14N6/c1-2-4-16-14(3-1)5-13(7-21-11-17-9-19-21)6-15(16)8-22-12-18-10-20-22/h1-6,9-12H,7-8H2. The lowest BCUT2D eigenvalue weighted by molar-refractivity contribution is 0.675. The van der Waals surface area contributed by atoms with E-state index in [9.17, 15) is 0 Å². The molecule has 6 heteroatoms. The van der Waals surface area contributed by atoms with E-state index in [0.717, 1.165) is 0 Å². The highest BCUT2D eigenvalue weighted by atomic mass is 15.3. The summed E-state index contributed by atoms with van der Waals surface area (Å²) < 4.78 is 3.66. The molecule has 0 radical (unpaired) electrons. The first-order valence-electron chi connectivity index (χ1n) is 7.04. The average molecular weight is 290 g/mol. The Morgan fingerprint density at radius 3 is 2.27 bits per heavy atom. The molecule has 2 aromatic carbocycles. The molecule has 0 aliphatic carbocycles. The van der Waals surface area contributed by atoms with E-state index in [1.165, 1.54) is 21.9 Å². The summed E-state index contributed by atoms with van der Waals surface area (Å²) in [6.45, 7) is 1.40. The minimum absolute atomic E-state index is 0.700. The van der Waals surface area contributed by atoms with Crippen LogP contribution in [-0.4, -0.2) is 29.5 Å². The Kier molecular flexibility index (Phi) is 3.12. The van der Waals surface area contributed by atoms with Crippen LogP contribution in [0.25, 0.3) is 10.8 Å². The molecule has 0 aliphatic heterocycles. The van der Waals surface area contributed by atoms with Crippen molar-refractivity contribution in [2.45, 2.75) is 13.1 Å². The molecule has 22 heavy (non-hydrogen) atoms. The Balaban J connectivity index is 1.78. The van der Waals surface area contributed by atoms with Gasteiger partial charge in [-0.25, -0.2) is 19.3 Å². The van der Waals surface area contributed by atoms with E-state index < -0.39 is 0 Å². The van der Waals surface area contributed by atoms with Gasteiger partial charge in [-0.1, -0.05) is 30.3 Å². The van der Waals surface area contributed by atoms with Crippen molar-refractivity contribution in [2.75, 3.05) is 0 Å². The monoisotopic (exact) mass is 290 g/mol. The second-order valence-electron chi connectivity index (χ2n) is 5.16. The average Bonchev–Trinajstić information content (AvgIpc) is 3.21. The quantitative estimate of drug-likeness (QED) is 0.577. The van der Waals surface area contributed by atoms with E-state index in [0.29, 0.717) is 13.1 Å². The highest BCUT2D eigenvalue weighted by Crippen LogP contribution is 2.22. The van der Waals surface area contributed by atoms with Crippen LogP contribution in [0.5, 0.6) is 0 Å².